The third-order valence-electron chi connectivity index (χ3n) is 2.80. The minimum Gasteiger partial charge on any atom is -0.409 e. The van der Waals surface area contributed by atoms with Crippen molar-refractivity contribution in [2.24, 2.45) is 10.9 Å². The van der Waals surface area contributed by atoms with Gasteiger partial charge in [0.2, 0.25) is 0 Å². The lowest BCUT2D eigenvalue weighted by Gasteiger charge is -2.27. The average Bonchev–Trinajstić information content (AvgIpc) is 2.38. The number of halogens is 2. The number of carbonyl (C=O) groups is 1. The van der Waals surface area contributed by atoms with Gasteiger partial charge in [-0.15, -0.1) is 0 Å². The predicted molar refractivity (Wildman–Crippen MR) is 80.7 cm³/mol. The van der Waals surface area contributed by atoms with Crippen LogP contribution >= 0.6 is 23.2 Å². The number of benzene rings is 1. The lowest BCUT2D eigenvalue weighted by molar-refractivity contribution is 0.0711. The second-order valence-electron chi connectivity index (χ2n) is 4.53. The summed E-state index contributed by atoms with van der Waals surface area (Å²) in [7, 11) is 0. The molecule has 0 heterocycles. The molecule has 1 aromatic rings. The van der Waals surface area contributed by atoms with Crippen LogP contribution in [-0.4, -0.2) is 34.4 Å². The Hall–Kier alpha value is -1.46. The molecule has 0 spiro atoms. The highest BCUT2D eigenvalue weighted by Gasteiger charge is 2.23. The van der Waals surface area contributed by atoms with Crippen LogP contribution in [0.3, 0.4) is 0 Å². The first-order valence-electron chi connectivity index (χ1n) is 6.09. The van der Waals surface area contributed by atoms with Crippen molar-refractivity contribution in [2.45, 2.75) is 26.3 Å². The lowest BCUT2D eigenvalue weighted by atomic mass is 10.1. The number of nitrogens with zero attached hydrogens (tertiary/aromatic N) is 2. The van der Waals surface area contributed by atoms with Crippen molar-refractivity contribution in [1.29, 1.82) is 0 Å². The van der Waals surface area contributed by atoms with Crippen LogP contribution in [0.25, 0.3) is 0 Å². The molecule has 7 heteroatoms. The Morgan fingerprint density at radius 1 is 1.40 bits per heavy atom. The van der Waals surface area contributed by atoms with Crippen molar-refractivity contribution in [3.63, 3.8) is 0 Å². The van der Waals surface area contributed by atoms with Gasteiger partial charge in [0.15, 0.2) is 0 Å². The summed E-state index contributed by atoms with van der Waals surface area (Å²) < 4.78 is 0. The number of nitrogens with two attached hydrogens (primary N) is 1. The van der Waals surface area contributed by atoms with Crippen molar-refractivity contribution in [1.82, 2.24) is 4.90 Å². The number of amidine groups is 1. The first-order valence-corrected chi connectivity index (χ1v) is 6.85. The van der Waals surface area contributed by atoms with Crippen LogP contribution in [0.1, 0.15) is 30.6 Å². The predicted octanol–water partition coefficient (Wildman–Crippen LogP) is 2.98. The molecule has 0 unspecified atom stereocenters. The second kappa shape index (κ2) is 7.36. The Balaban J connectivity index is 3.00. The fraction of sp³-hybridized carbons (Fsp3) is 0.385. The maximum absolute atomic E-state index is 12.5. The van der Waals surface area contributed by atoms with Crippen molar-refractivity contribution >= 4 is 34.9 Å². The van der Waals surface area contributed by atoms with E-state index in [1.165, 1.54) is 0 Å². The zero-order valence-electron chi connectivity index (χ0n) is 11.3. The molecule has 0 radical (unpaired) electrons. The summed E-state index contributed by atoms with van der Waals surface area (Å²) in [5.41, 5.74) is 5.70. The molecule has 0 saturated heterocycles. The van der Waals surface area contributed by atoms with E-state index >= 15 is 0 Å². The van der Waals surface area contributed by atoms with E-state index in [2.05, 4.69) is 5.16 Å². The molecule has 3 N–H and O–H groups in total. The minimum absolute atomic E-state index is 0.0636. The lowest BCUT2D eigenvalue weighted by Crippen LogP contribution is -2.39. The fourth-order valence-corrected chi connectivity index (χ4v) is 2.28. The molecule has 0 atom stereocenters. The summed E-state index contributed by atoms with van der Waals surface area (Å²) in [5, 5.41) is 12.0. The van der Waals surface area contributed by atoms with Gasteiger partial charge in [0, 0.05) is 19.0 Å². The van der Waals surface area contributed by atoms with Crippen LogP contribution in [0.15, 0.2) is 23.4 Å². The Kier molecular flexibility index (Phi) is 6.10. The molecule has 0 aromatic heterocycles. The molecule has 0 fully saturated rings. The van der Waals surface area contributed by atoms with Crippen LogP contribution in [0.4, 0.5) is 0 Å². The second-order valence-corrected chi connectivity index (χ2v) is 5.34. The van der Waals surface area contributed by atoms with Gasteiger partial charge in [0.25, 0.3) is 5.91 Å². The van der Waals surface area contributed by atoms with E-state index in [1.807, 2.05) is 13.8 Å². The molecule has 0 aliphatic rings. The molecule has 0 aliphatic heterocycles. The number of hydrogen-bond donors (Lipinski definition) is 2. The summed E-state index contributed by atoms with van der Waals surface area (Å²) in [6.07, 6.45) is 0.266. The summed E-state index contributed by atoms with van der Waals surface area (Å²) in [6.45, 7) is 4.05. The number of oxime groups is 1. The van der Waals surface area contributed by atoms with E-state index in [0.29, 0.717) is 16.6 Å². The molecule has 20 heavy (non-hydrogen) atoms. The van der Waals surface area contributed by atoms with Gasteiger partial charge < -0.3 is 15.8 Å². The van der Waals surface area contributed by atoms with E-state index in [0.717, 1.165) is 0 Å². The van der Waals surface area contributed by atoms with Crippen molar-refractivity contribution in [2.75, 3.05) is 6.54 Å². The Morgan fingerprint density at radius 3 is 2.40 bits per heavy atom. The molecule has 1 rings (SSSR count). The monoisotopic (exact) mass is 317 g/mol. The maximum Gasteiger partial charge on any atom is 0.257 e. The quantitative estimate of drug-likeness (QED) is 0.379. The van der Waals surface area contributed by atoms with Crippen molar-refractivity contribution < 1.29 is 10.0 Å². The van der Waals surface area contributed by atoms with E-state index in [1.54, 1.807) is 23.1 Å². The van der Waals surface area contributed by atoms with Crippen LogP contribution in [-0.2, 0) is 0 Å². The first kappa shape index (κ1) is 16.6. The highest BCUT2D eigenvalue weighted by atomic mass is 35.5. The van der Waals surface area contributed by atoms with E-state index in [-0.39, 0.29) is 29.8 Å². The zero-order valence-corrected chi connectivity index (χ0v) is 12.8. The van der Waals surface area contributed by atoms with Gasteiger partial charge in [0.05, 0.1) is 15.6 Å². The molecule has 5 nitrogen and oxygen atoms in total. The third-order valence-corrected chi connectivity index (χ3v) is 3.43. The van der Waals surface area contributed by atoms with Gasteiger partial charge in [-0.3, -0.25) is 4.79 Å². The molecule has 110 valence electrons. The number of amides is 1. The molecule has 1 amide bonds. The summed E-state index contributed by atoms with van der Waals surface area (Å²) in [4.78, 5) is 14.1. The maximum atomic E-state index is 12.5. The summed E-state index contributed by atoms with van der Waals surface area (Å²) in [5.74, 6) is -0.213. The largest absolute Gasteiger partial charge is 0.409 e. The van der Waals surface area contributed by atoms with Crippen molar-refractivity contribution in [3.05, 3.63) is 33.8 Å². The third kappa shape index (κ3) is 4.02. The molecule has 0 bridgehead atoms. The van der Waals surface area contributed by atoms with Gasteiger partial charge >= 0.3 is 0 Å². The summed E-state index contributed by atoms with van der Waals surface area (Å²) >= 11 is 12.1. The molecule has 0 saturated carbocycles. The van der Waals surface area contributed by atoms with Crippen LogP contribution < -0.4 is 5.73 Å². The van der Waals surface area contributed by atoms with Gasteiger partial charge in [-0.25, -0.2) is 0 Å². The zero-order chi connectivity index (χ0) is 15.3. The molecular formula is C13H17Cl2N3O2. The van der Waals surface area contributed by atoms with Crippen LogP contribution in [0, 0.1) is 0 Å². The minimum atomic E-state index is -0.277. The SMILES string of the molecule is CC(C)N(CCC(N)=NO)C(=O)c1c(Cl)cccc1Cl. The normalized spacial score (nSPS) is 11.8. The number of carbonyl (C=O) groups excluding carboxylic acids is 1. The highest BCUT2D eigenvalue weighted by Crippen LogP contribution is 2.26. The van der Waals surface area contributed by atoms with Gasteiger partial charge in [0.1, 0.15) is 5.84 Å². The van der Waals surface area contributed by atoms with Gasteiger partial charge in [-0.1, -0.05) is 34.4 Å². The molecular weight excluding hydrogens is 301 g/mol. The smallest absolute Gasteiger partial charge is 0.257 e. The van der Waals surface area contributed by atoms with E-state index < -0.39 is 0 Å². The molecule has 0 aliphatic carbocycles. The van der Waals surface area contributed by atoms with Crippen molar-refractivity contribution in [3.8, 4) is 0 Å². The van der Waals surface area contributed by atoms with Crippen LogP contribution in [0.5, 0.6) is 0 Å². The Morgan fingerprint density at radius 2 is 1.95 bits per heavy atom. The fourth-order valence-electron chi connectivity index (χ4n) is 1.72. The van der Waals surface area contributed by atoms with Crippen LogP contribution in [0.2, 0.25) is 10.0 Å². The Bertz CT molecular complexity index is 498. The molecule has 1 aromatic carbocycles. The Labute approximate surface area is 127 Å². The topological polar surface area (TPSA) is 78.9 Å². The summed E-state index contributed by atoms with van der Waals surface area (Å²) in [6, 6.07) is 4.84. The first-order chi connectivity index (χ1) is 9.38. The average molecular weight is 318 g/mol. The number of hydrogen-bond acceptors (Lipinski definition) is 3. The van der Waals surface area contributed by atoms with E-state index in [9.17, 15) is 4.79 Å². The van der Waals surface area contributed by atoms with Gasteiger partial charge in [-0.05, 0) is 26.0 Å². The highest BCUT2D eigenvalue weighted by molar-refractivity contribution is 6.39. The van der Waals surface area contributed by atoms with Gasteiger partial charge in [-0.2, -0.15) is 0 Å². The standard InChI is InChI=1S/C13H17Cl2N3O2/c1-8(2)18(7-6-11(16)17-20)13(19)12-9(14)4-3-5-10(12)15/h3-5,8,20H,6-7H2,1-2H3,(H2,16,17). The van der Waals surface area contributed by atoms with E-state index in [4.69, 9.17) is 34.1 Å². The number of rotatable bonds is 5.